The number of nitrogens with one attached hydrogen (secondary N) is 1. The van der Waals surface area contributed by atoms with E-state index in [1.165, 1.54) is 66.5 Å². The summed E-state index contributed by atoms with van der Waals surface area (Å²) in [5.41, 5.74) is 1.46. The number of sulfonamides is 1. The summed E-state index contributed by atoms with van der Waals surface area (Å²) in [5.74, 6) is -0.163. The molecule has 0 aliphatic heterocycles. The van der Waals surface area contributed by atoms with Gasteiger partial charge in [0.15, 0.2) is 0 Å². The molecule has 0 aliphatic rings. The summed E-state index contributed by atoms with van der Waals surface area (Å²) < 4.78 is 48.8. The van der Waals surface area contributed by atoms with Gasteiger partial charge < -0.3 is 4.74 Å². The highest BCUT2D eigenvalue weighted by Gasteiger charge is 2.19. The molecule has 0 atom stereocenters. The number of ether oxygens (including phenoxy) is 1. The lowest BCUT2D eigenvalue weighted by atomic mass is 10.0. The van der Waals surface area contributed by atoms with Crippen LogP contribution in [0.3, 0.4) is 0 Å². The van der Waals surface area contributed by atoms with Crippen LogP contribution in [0.5, 0.6) is 5.75 Å². The second-order valence-corrected chi connectivity index (χ2v) is 10.0. The fourth-order valence-electron chi connectivity index (χ4n) is 3.93. The molecular weight excluding hydrogens is 519 g/mol. The Labute approximate surface area is 216 Å². The molecule has 0 saturated carbocycles. The summed E-state index contributed by atoms with van der Waals surface area (Å²) in [7, 11) is -2.55. The van der Waals surface area contributed by atoms with Crippen LogP contribution in [-0.4, -0.2) is 30.1 Å². The molecule has 5 aromatic rings. The van der Waals surface area contributed by atoms with E-state index in [1.54, 1.807) is 30.3 Å². The van der Waals surface area contributed by atoms with E-state index in [2.05, 4.69) is 14.7 Å². The number of aromatic nitrogens is 3. The molecule has 0 unspecified atom stereocenters. The number of hydrogen-bond donors (Lipinski definition) is 1. The Morgan fingerprint density at radius 3 is 2.49 bits per heavy atom. The van der Waals surface area contributed by atoms with Crippen LogP contribution in [0.4, 0.5) is 10.3 Å². The van der Waals surface area contributed by atoms with Gasteiger partial charge in [-0.3, -0.25) is 9.36 Å². The molecule has 186 valence electrons. The van der Waals surface area contributed by atoms with Crippen molar-refractivity contribution in [2.45, 2.75) is 4.90 Å². The fraction of sp³-hybridized carbons (Fsp3) is 0.0385. The molecule has 2 aromatic heterocycles. The highest BCUT2D eigenvalue weighted by molar-refractivity contribution is 7.92. The molecule has 5 rings (SSSR count). The van der Waals surface area contributed by atoms with Crippen molar-refractivity contribution in [2.24, 2.45) is 0 Å². The average molecular weight is 537 g/mol. The molecule has 0 aliphatic carbocycles. The number of halogens is 2. The zero-order valence-corrected chi connectivity index (χ0v) is 20.8. The normalized spacial score (nSPS) is 11.4. The van der Waals surface area contributed by atoms with E-state index >= 15 is 0 Å². The Morgan fingerprint density at radius 1 is 0.973 bits per heavy atom. The van der Waals surface area contributed by atoms with Gasteiger partial charge in [-0.1, -0.05) is 23.7 Å². The Bertz CT molecular complexity index is 1810. The predicted octanol–water partition coefficient (Wildman–Crippen LogP) is 5.05. The molecule has 0 radical (unpaired) electrons. The van der Waals surface area contributed by atoms with Gasteiger partial charge in [0, 0.05) is 29.4 Å². The minimum atomic E-state index is -3.99. The Hall–Kier alpha value is -4.28. The van der Waals surface area contributed by atoms with E-state index in [0.717, 1.165) is 0 Å². The van der Waals surface area contributed by atoms with Crippen molar-refractivity contribution in [1.29, 1.82) is 0 Å². The Kier molecular flexibility index (Phi) is 6.36. The molecule has 1 N–H and O–H groups in total. The van der Waals surface area contributed by atoms with Crippen molar-refractivity contribution >= 4 is 38.5 Å². The molecule has 2 heterocycles. The zero-order chi connectivity index (χ0) is 26.2. The van der Waals surface area contributed by atoms with Crippen molar-refractivity contribution in [2.75, 3.05) is 11.8 Å². The van der Waals surface area contributed by atoms with Gasteiger partial charge in [-0.15, -0.1) is 0 Å². The van der Waals surface area contributed by atoms with Crippen LogP contribution >= 0.6 is 11.6 Å². The van der Waals surface area contributed by atoms with Crippen LogP contribution in [-0.2, 0) is 10.0 Å². The van der Waals surface area contributed by atoms with Crippen molar-refractivity contribution in [3.05, 3.63) is 106 Å². The summed E-state index contributed by atoms with van der Waals surface area (Å²) in [4.78, 5) is 20.7. The van der Waals surface area contributed by atoms with Crippen molar-refractivity contribution in [3.8, 4) is 22.6 Å². The first-order valence-electron chi connectivity index (χ1n) is 10.9. The maximum atomic E-state index is 13.8. The smallest absolute Gasteiger partial charge is 0.264 e. The van der Waals surface area contributed by atoms with Gasteiger partial charge in [-0.25, -0.2) is 27.5 Å². The number of hydrogen-bond acceptors (Lipinski definition) is 6. The molecular formula is C26H18ClFN4O4S. The van der Waals surface area contributed by atoms with Crippen LogP contribution in [0.1, 0.15) is 0 Å². The number of fused-ring (bicyclic) bond motifs is 1. The molecule has 8 nitrogen and oxygen atoms in total. The largest absolute Gasteiger partial charge is 0.495 e. The van der Waals surface area contributed by atoms with E-state index in [9.17, 15) is 17.6 Å². The molecule has 0 saturated heterocycles. The Balaban J connectivity index is 1.63. The maximum absolute atomic E-state index is 13.8. The molecule has 0 bridgehead atoms. The maximum Gasteiger partial charge on any atom is 0.264 e. The van der Waals surface area contributed by atoms with Gasteiger partial charge >= 0.3 is 0 Å². The lowest BCUT2D eigenvalue weighted by Gasteiger charge is -2.17. The molecule has 0 amide bonds. The van der Waals surface area contributed by atoms with E-state index < -0.39 is 15.8 Å². The summed E-state index contributed by atoms with van der Waals surface area (Å²) in [6, 6.07) is 17.9. The number of pyridine rings is 1. The first-order chi connectivity index (χ1) is 17.8. The first kappa shape index (κ1) is 24.4. The van der Waals surface area contributed by atoms with E-state index in [-0.39, 0.29) is 21.4 Å². The van der Waals surface area contributed by atoms with Crippen LogP contribution in [0.15, 0.2) is 94.9 Å². The van der Waals surface area contributed by atoms with Crippen molar-refractivity contribution < 1.29 is 17.5 Å². The van der Waals surface area contributed by atoms with Gasteiger partial charge in [0.05, 0.1) is 28.2 Å². The number of nitrogens with zero attached hydrogens (tertiary/aromatic N) is 3. The standard InChI is InChI=1S/C26H18ClFN4O4S/c1-36-24-14-20(16-4-2-5-18(28)12-16)21(27)15-23(24)32-22-8-7-19(13-17(22)6-9-25(32)33)37(34,35)31-26-29-10-3-11-30-26/h2-15H,1H3,(H,29,30,31). The molecule has 11 heteroatoms. The average Bonchev–Trinajstić information content (AvgIpc) is 2.88. The van der Waals surface area contributed by atoms with E-state index in [1.807, 2.05) is 0 Å². The van der Waals surface area contributed by atoms with Crippen molar-refractivity contribution in [3.63, 3.8) is 0 Å². The highest BCUT2D eigenvalue weighted by atomic mass is 35.5. The third-order valence-electron chi connectivity index (χ3n) is 5.61. The summed E-state index contributed by atoms with van der Waals surface area (Å²) in [6.07, 6.45) is 2.84. The van der Waals surface area contributed by atoms with Crippen LogP contribution in [0.2, 0.25) is 5.02 Å². The zero-order valence-electron chi connectivity index (χ0n) is 19.2. The topological polar surface area (TPSA) is 103 Å². The monoisotopic (exact) mass is 536 g/mol. The molecule has 3 aromatic carbocycles. The van der Waals surface area contributed by atoms with Gasteiger partial charge in [-0.2, -0.15) is 0 Å². The minimum absolute atomic E-state index is 0.0379. The summed E-state index contributed by atoms with van der Waals surface area (Å²) in [6.45, 7) is 0. The molecule has 0 spiro atoms. The minimum Gasteiger partial charge on any atom is -0.495 e. The molecule has 0 fully saturated rings. The number of benzene rings is 3. The fourth-order valence-corrected chi connectivity index (χ4v) is 5.19. The lowest BCUT2D eigenvalue weighted by molar-refractivity contribution is 0.413. The van der Waals surface area contributed by atoms with Gasteiger partial charge in [0.2, 0.25) is 5.95 Å². The Morgan fingerprint density at radius 2 is 1.76 bits per heavy atom. The van der Waals surface area contributed by atoms with Gasteiger partial charge in [0.25, 0.3) is 15.6 Å². The third-order valence-corrected chi connectivity index (χ3v) is 7.25. The van der Waals surface area contributed by atoms with E-state index in [0.29, 0.717) is 33.5 Å². The van der Waals surface area contributed by atoms with Gasteiger partial charge in [0.1, 0.15) is 11.6 Å². The van der Waals surface area contributed by atoms with Crippen LogP contribution < -0.4 is 15.0 Å². The number of anilines is 1. The summed E-state index contributed by atoms with van der Waals surface area (Å²) >= 11 is 6.57. The number of methoxy groups -OCH3 is 1. The third kappa shape index (κ3) is 4.76. The first-order valence-corrected chi connectivity index (χ1v) is 12.7. The second kappa shape index (κ2) is 9.64. The SMILES string of the molecule is COc1cc(-c2cccc(F)c2)c(Cl)cc1-n1c(=O)ccc2cc(S(=O)(=O)Nc3ncccn3)ccc21. The highest BCUT2D eigenvalue weighted by Crippen LogP contribution is 2.37. The predicted molar refractivity (Wildman–Crippen MR) is 139 cm³/mol. The van der Waals surface area contributed by atoms with Crippen LogP contribution in [0.25, 0.3) is 27.7 Å². The quantitative estimate of drug-likeness (QED) is 0.326. The second-order valence-electron chi connectivity index (χ2n) is 7.92. The lowest BCUT2D eigenvalue weighted by Crippen LogP contribution is -2.19. The van der Waals surface area contributed by atoms with Crippen LogP contribution in [0, 0.1) is 5.82 Å². The van der Waals surface area contributed by atoms with Gasteiger partial charge in [-0.05, 0) is 60.2 Å². The summed E-state index contributed by atoms with van der Waals surface area (Å²) in [5, 5.41) is 0.750. The molecule has 37 heavy (non-hydrogen) atoms. The van der Waals surface area contributed by atoms with E-state index in [4.69, 9.17) is 16.3 Å². The number of rotatable bonds is 6. The van der Waals surface area contributed by atoms with Crippen molar-refractivity contribution in [1.82, 2.24) is 14.5 Å².